The molecule has 1 N–H and O–H groups in total. The van der Waals surface area contributed by atoms with Crippen LogP contribution >= 0.6 is 15.9 Å². The van der Waals surface area contributed by atoms with Gasteiger partial charge in [-0.3, -0.25) is 4.79 Å². The lowest BCUT2D eigenvalue weighted by Gasteiger charge is -2.04. The first-order valence-electron chi connectivity index (χ1n) is 9.70. The molecule has 31 heavy (non-hydrogen) atoms. The number of oxazole rings is 1. The number of amides is 1. The summed E-state index contributed by atoms with van der Waals surface area (Å²) in [5.74, 6) is 1.12. The Bertz CT molecular complexity index is 1380. The standard InChI is InChI=1S/C25H17BrN2O3/c1-15-2-11-20-23(14-15)31-25(28-20)17-5-9-19(10-6-17)27-24(29)22-13-12-21(30-22)16-3-7-18(26)8-4-16/h2-14H,1H3,(H,27,29). The molecule has 152 valence electrons. The molecule has 0 aliphatic rings. The number of anilines is 1. The molecule has 2 heterocycles. The molecule has 0 radical (unpaired) electrons. The predicted octanol–water partition coefficient (Wildman–Crippen LogP) is 7.08. The van der Waals surface area contributed by atoms with E-state index in [9.17, 15) is 4.79 Å². The fraction of sp³-hybridized carbons (Fsp3) is 0.0400. The van der Waals surface area contributed by atoms with Crippen molar-refractivity contribution in [2.45, 2.75) is 6.92 Å². The second-order valence-electron chi connectivity index (χ2n) is 7.19. The number of nitrogens with one attached hydrogen (secondary N) is 1. The maximum absolute atomic E-state index is 12.6. The van der Waals surface area contributed by atoms with Gasteiger partial charge in [0.2, 0.25) is 5.89 Å². The predicted molar refractivity (Wildman–Crippen MR) is 124 cm³/mol. The topological polar surface area (TPSA) is 68.3 Å². The molecule has 0 aliphatic carbocycles. The minimum Gasteiger partial charge on any atom is -0.451 e. The van der Waals surface area contributed by atoms with Crippen molar-refractivity contribution in [2.75, 3.05) is 5.32 Å². The van der Waals surface area contributed by atoms with Crippen LogP contribution in [0.25, 0.3) is 33.9 Å². The lowest BCUT2D eigenvalue weighted by atomic mass is 10.2. The number of hydrogen-bond acceptors (Lipinski definition) is 4. The monoisotopic (exact) mass is 472 g/mol. The number of aromatic nitrogens is 1. The van der Waals surface area contributed by atoms with Gasteiger partial charge in [0.25, 0.3) is 5.91 Å². The molecule has 5 aromatic rings. The molecule has 3 aromatic carbocycles. The Balaban J connectivity index is 1.31. The average molecular weight is 473 g/mol. The van der Waals surface area contributed by atoms with Crippen LogP contribution in [-0.4, -0.2) is 10.9 Å². The molecule has 5 nitrogen and oxygen atoms in total. The van der Waals surface area contributed by atoms with Crippen LogP contribution in [0.15, 0.2) is 92.2 Å². The molecule has 0 atom stereocenters. The Kier molecular flexibility index (Phi) is 4.92. The number of furan rings is 1. The highest BCUT2D eigenvalue weighted by molar-refractivity contribution is 9.10. The molecule has 2 aromatic heterocycles. The highest BCUT2D eigenvalue weighted by Crippen LogP contribution is 2.27. The lowest BCUT2D eigenvalue weighted by molar-refractivity contribution is 0.0997. The van der Waals surface area contributed by atoms with E-state index in [2.05, 4.69) is 26.2 Å². The van der Waals surface area contributed by atoms with E-state index in [1.54, 1.807) is 12.1 Å². The molecule has 0 saturated heterocycles. The zero-order chi connectivity index (χ0) is 21.4. The summed E-state index contributed by atoms with van der Waals surface area (Å²) < 4.78 is 12.6. The Morgan fingerprint density at radius 3 is 2.39 bits per heavy atom. The minimum absolute atomic E-state index is 0.247. The number of carbonyl (C=O) groups is 1. The van der Waals surface area contributed by atoms with Crippen molar-refractivity contribution in [2.24, 2.45) is 0 Å². The average Bonchev–Trinajstić information content (AvgIpc) is 3.42. The van der Waals surface area contributed by atoms with Crippen LogP contribution in [0.4, 0.5) is 5.69 Å². The first-order valence-corrected chi connectivity index (χ1v) is 10.5. The second-order valence-corrected chi connectivity index (χ2v) is 8.11. The molecule has 6 heteroatoms. The Morgan fingerprint density at radius 2 is 1.61 bits per heavy atom. The first-order chi connectivity index (χ1) is 15.0. The van der Waals surface area contributed by atoms with Gasteiger partial charge in [0.05, 0.1) is 0 Å². The number of fused-ring (bicyclic) bond motifs is 1. The number of hydrogen-bond donors (Lipinski definition) is 1. The van der Waals surface area contributed by atoms with Crippen LogP contribution in [0.5, 0.6) is 0 Å². The van der Waals surface area contributed by atoms with E-state index in [0.717, 1.165) is 32.3 Å². The number of nitrogens with zero attached hydrogens (tertiary/aromatic N) is 1. The van der Waals surface area contributed by atoms with E-state index in [1.165, 1.54) is 0 Å². The second kappa shape index (κ2) is 7.89. The Labute approximate surface area is 186 Å². The lowest BCUT2D eigenvalue weighted by Crippen LogP contribution is -2.10. The Morgan fingerprint density at radius 1 is 0.871 bits per heavy atom. The van der Waals surface area contributed by atoms with E-state index in [0.29, 0.717) is 17.3 Å². The largest absolute Gasteiger partial charge is 0.451 e. The summed E-state index contributed by atoms with van der Waals surface area (Å²) >= 11 is 3.41. The van der Waals surface area contributed by atoms with Gasteiger partial charge >= 0.3 is 0 Å². The zero-order valence-corrected chi connectivity index (χ0v) is 18.1. The Hall–Kier alpha value is -3.64. The van der Waals surface area contributed by atoms with Gasteiger partial charge in [0.15, 0.2) is 11.3 Å². The van der Waals surface area contributed by atoms with Crippen molar-refractivity contribution >= 4 is 38.6 Å². The zero-order valence-electron chi connectivity index (χ0n) is 16.6. The van der Waals surface area contributed by atoms with Gasteiger partial charge in [-0.15, -0.1) is 0 Å². The van der Waals surface area contributed by atoms with Crippen LogP contribution in [0.2, 0.25) is 0 Å². The molecule has 1 amide bonds. The quantitative estimate of drug-likeness (QED) is 0.303. The van der Waals surface area contributed by atoms with Crippen molar-refractivity contribution in [3.05, 3.63) is 94.7 Å². The molecule has 0 spiro atoms. The van der Waals surface area contributed by atoms with E-state index in [-0.39, 0.29) is 11.7 Å². The van der Waals surface area contributed by atoms with Crippen LogP contribution in [0.1, 0.15) is 16.1 Å². The van der Waals surface area contributed by atoms with Crippen molar-refractivity contribution in [3.8, 4) is 22.8 Å². The van der Waals surface area contributed by atoms with Crippen molar-refractivity contribution in [1.29, 1.82) is 0 Å². The summed E-state index contributed by atoms with van der Waals surface area (Å²) in [7, 11) is 0. The minimum atomic E-state index is -0.312. The van der Waals surface area contributed by atoms with Gasteiger partial charge in [0.1, 0.15) is 11.3 Å². The smallest absolute Gasteiger partial charge is 0.291 e. The van der Waals surface area contributed by atoms with Crippen LogP contribution in [-0.2, 0) is 0 Å². The third-order valence-corrected chi connectivity index (χ3v) is 5.42. The summed E-state index contributed by atoms with van der Waals surface area (Å²) in [6.45, 7) is 2.01. The normalized spacial score (nSPS) is 11.0. The van der Waals surface area contributed by atoms with Gasteiger partial charge in [-0.05, 0) is 73.2 Å². The first kappa shape index (κ1) is 19.3. The van der Waals surface area contributed by atoms with Crippen LogP contribution < -0.4 is 5.32 Å². The summed E-state index contributed by atoms with van der Waals surface area (Å²) in [5.41, 5.74) is 5.09. The number of halogens is 1. The van der Waals surface area contributed by atoms with E-state index in [4.69, 9.17) is 8.83 Å². The van der Waals surface area contributed by atoms with Gasteiger partial charge in [-0.1, -0.05) is 34.1 Å². The SMILES string of the molecule is Cc1ccc2nc(-c3ccc(NC(=O)c4ccc(-c5ccc(Br)cc5)o4)cc3)oc2c1. The van der Waals surface area contributed by atoms with Crippen molar-refractivity contribution < 1.29 is 13.6 Å². The van der Waals surface area contributed by atoms with Crippen molar-refractivity contribution in [1.82, 2.24) is 4.98 Å². The number of aryl methyl sites for hydroxylation is 1. The highest BCUT2D eigenvalue weighted by atomic mass is 79.9. The third-order valence-electron chi connectivity index (χ3n) is 4.89. The van der Waals surface area contributed by atoms with E-state index >= 15 is 0 Å². The maximum Gasteiger partial charge on any atom is 0.291 e. The van der Waals surface area contributed by atoms with Gasteiger partial charge in [-0.25, -0.2) is 4.98 Å². The summed E-state index contributed by atoms with van der Waals surface area (Å²) in [6.07, 6.45) is 0. The van der Waals surface area contributed by atoms with Gasteiger partial charge in [-0.2, -0.15) is 0 Å². The van der Waals surface area contributed by atoms with Gasteiger partial charge < -0.3 is 14.2 Å². The van der Waals surface area contributed by atoms with E-state index in [1.807, 2.05) is 73.7 Å². The summed E-state index contributed by atoms with van der Waals surface area (Å²) in [5, 5.41) is 2.85. The number of benzene rings is 3. The molecule has 0 bridgehead atoms. The molecule has 0 aliphatic heterocycles. The third kappa shape index (κ3) is 4.02. The molecular weight excluding hydrogens is 456 g/mol. The molecule has 0 unspecified atom stereocenters. The molecular formula is C25H17BrN2O3. The van der Waals surface area contributed by atoms with Gasteiger partial charge in [0, 0.05) is 21.3 Å². The fourth-order valence-electron chi connectivity index (χ4n) is 3.27. The van der Waals surface area contributed by atoms with Crippen LogP contribution in [0, 0.1) is 6.92 Å². The highest BCUT2D eigenvalue weighted by Gasteiger charge is 2.13. The molecule has 5 rings (SSSR count). The van der Waals surface area contributed by atoms with Crippen molar-refractivity contribution in [3.63, 3.8) is 0 Å². The maximum atomic E-state index is 12.6. The fourth-order valence-corrected chi connectivity index (χ4v) is 3.54. The number of rotatable bonds is 4. The van der Waals surface area contributed by atoms with Crippen LogP contribution in [0.3, 0.4) is 0 Å². The van der Waals surface area contributed by atoms with E-state index < -0.39 is 0 Å². The summed E-state index contributed by atoms with van der Waals surface area (Å²) in [4.78, 5) is 17.1. The molecule has 0 saturated carbocycles. The molecule has 0 fully saturated rings. The summed E-state index contributed by atoms with van der Waals surface area (Å²) in [6, 6.07) is 24.4. The number of carbonyl (C=O) groups excluding carboxylic acids is 1.